The molecule has 0 spiro atoms. The molecule has 0 aromatic heterocycles. The molecule has 0 saturated heterocycles. The normalized spacial score (nSPS) is 16.8. The van der Waals surface area contributed by atoms with Crippen LogP contribution in [0.3, 0.4) is 0 Å². The van der Waals surface area contributed by atoms with E-state index < -0.39 is 6.29 Å². The Morgan fingerprint density at radius 2 is 2.00 bits per heavy atom. The lowest BCUT2D eigenvalue weighted by Gasteiger charge is -2.11. The largest absolute Gasteiger partial charge is 0.368 e. The van der Waals surface area contributed by atoms with E-state index in [2.05, 4.69) is 13.8 Å². The van der Waals surface area contributed by atoms with E-state index in [9.17, 15) is 0 Å². The third-order valence-electron chi connectivity index (χ3n) is 1.40. The van der Waals surface area contributed by atoms with Gasteiger partial charge >= 0.3 is 0 Å². The van der Waals surface area contributed by atoms with Crippen molar-refractivity contribution in [2.45, 2.75) is 39.9 Å². The summed E-state index contributed by atoms with van der Waals surface area (Å²) >= 11 is 0. The summed E-state index contributed by atoms with van der Waals surface area (Å²) in [5.41, 5.74) is 0. The Labute approximate surface area is 63.2 Å². The van der Waals surface area contributed by atoms with E-state index in [1.54, 1.807) is 6.92 Å². The quantitative estimate of drug-likeness (QED) is 0.599. The highest BCUT2D eigenvalue weighted by atomic mass is 16.6. The van der Waals surface area contributed by atoms with E-state index in [4.69, 9.17) is 9.84 Å². The molecule has 2 atom stereocenters. The van der Waals surface area contributed by atoms with Gasteiger partial charge in [-0.2, -0.15) is 0 Å². The SMILES string of the molecule is CCCC(C)COC(C)O. The summed E-state index contributed by atoms with van der Waals surface area (Å²) in [6.07, 6.45) is 1.75. The standard InChI is InChI=1S/C8H18O2/c1-4-5-7(2)6-10-8(3)9/h7-9H,4-6H2,1-3H3. The van der Waals surface area contributed by atoms with Crippen molar-refractivity contribution in [3.05, 3.63) is 0 Å². The summed E-state index contributed by atoms with van der Waals surface area (Å²) in [6.45, 7) is 6.59. The van der Waals surface area contributed by atoms with Gasteiger partial charge in [0.15, 0.2) is 6.29 Å². The van der Waals surface area contributed by atoms with Crippen molar-refractivity contribution < 1.29 is 9.84 Å². The molecule has 2 heteroatoms. The van der Waals surface area contributed by atoms with Gasteiger partial charge in [-0.1, -0.05) is 20.3 Å². The molecular formula is C8H18O2. The molecule has 0 amide bonds. The van der Waals surface area contributed by atoms with E-state index in [1.807, 2.05) is 0 Å². The van der Waals surface area contributed by atoms with Crippen molar-refractivity contribution in [1.82, 2.24) is 0 Å². The predicted molar refractivity (Wildman–Crippen MR) is 41.7 cm³/mol. The van der Waals surface area contributed by atoms with Gasteiger partial charge in [-0.3, -0.25) is 0 Å². The van der Waals surface area contributed by atoms with Gasteiger partial charge in [0.2, 0.25) is 0 Å². The summed E-state index contributed by atoms with van der Waals surface area (Å²) in [6, 6.07) is 0. The molecule has 0 aromatic carbocycles. The van der Waals surface area contributed by atoms with Crippen molar-refractivity contribution in [3.63, 3.8) is 0 Å². The molecule has 1 N–H and O–H groups in total. The molecule has 62 valence electrons. The second-order valence-corrected chi connectivity index (χ2v) is 2.83. The first-order chi connectivity index (χ1) is 4.66. The minimum absolute atomic E-state index is 0.569. The summed E-state index contributed by atoms with van der Waals surface area (Å²) in [4.78, 5) is 0. The maximum Gasteiger partial charge on any atom is 0.151 e. The average molecular weight is 146 g/mol. The molecule has 0 heterocycles. The van der Waals surface area contributed by atoms with Crippen LogP contribution in [0.2, 0.25) is 0 Å². The Bertz CT molecular complexity index is 71.7. The van der Waals surface area contributed by atoms with E-state index in [-0.39, 0.29) is 0 Å². The van der Waals surface area contributed by atoms with Crippen LogP contribution in [0.5, 0.6) is 0 Å². The topological polar surface area (TPSA) is 29.5 Å². The van der Waals surface area contributed by atoms with Crippen molar-refractivity contribution in [2.75, 3.05) is 6.61 Å². The van der Waals surface area contributed by atoms with Crippen LogP contribution in [-0.4, -0.2) is 18.0 Å². The number of aliphatic hydroxyl groups is 1. The van der Waals surface area contributed by atoms with Crippen LogP contribution < -0.4 is 0 Å². The summed E-state index contributed by atoms with van der Waals surface area (Å²) in [5, 5.41) is 8.75. The fourth-order valence-corrected chi connectivity index (χ4v) is 0.880. The zero-order valence-corrected chi connectivity index (χ0v) is 7.13. The fraction of sp³-hybridized carbons (Fsp3) is 1.00. The molecule has 0 aliphatic carbocycles. The van der Waals surface area contributed by atoms with E-state index in [1.165, 1.54) is 12.8 Å². The fourth-order valence-electron chi connectivity index (χ4n) is 0.880. The van der Waals surface area contributed by atoms with Gasteiger partial charge in [0.05, 0.1) is 6.61 Å². The van der Waals surface area contributed by atoms with Gasteiger partial charge in [0.1, 0.15) is 0 Å². The lowest BCUT2D eigenvalue weighted by Crippen LogP contribution is -2.12. The average Bonchev–Trinajstić information content (AvgIpc) is 1.85. The third kappa shape index (κ3) is 6.05. The molecule has 2 unspecified atom stereocenters. The van der Waals surface area contributed by atoms with Crippen LogP contribution in [0.15, 0.2) is 0 Å². The predicted octanol–water partition coefficient (Wildman–Crippen LogP) is 1.78. The maximum absolute atomic E-state index is 8.75. The monoisotopic (exact) mass is 146 g/mol. The molecule has 0 aliphatic rings. The molecule has 10 heavy (non-hydrogen) atoms. The molecule has 0 bridgehead atoms. The van der Waals surface area contributed by atoms with Crippen molar-refractivity contribution in [1.29, 1.82) is 0 Å². The summed E-state index contributed by atoms with van der Waals surface area (Å²) < 4.78 is 5.01. The molecule has 0 rings (SSSR count). The number of ether oxygens (including phenoxy) is 1. The van der Waals surface area contributed by atoms with Gasteiger partial charge in [-0.25, -0.2) is 0 Å². The van der Waals surface area contributed by atoms with Gasteiger partial charge in [0, 0.05) is 0 Å². The first kappa shape index (κ1) is 9.92. The highest BCUT2D eigenvalue weighted by Gasteiger charge is 2.01. The zero-order valence-electron chi connectivity index (χ0n) is 7.13. The first-order valence-corrected chi connectivity index (χ1v) is 3.96. The lowest BCUT2D eigenvalue weighted by molar-refractivity contribution is -0.0952. The van der Waals surface area contributed by atoms with Gasteiger partial charge in [-0.05, 0) is 19.3 Å². The molecule has 2 nitrogen and oxygen atoms in total. The minimum Gasteiger partial charge on any atom is -0.368 e. The number of hydrogen-bond acceptors (Lipinski definition) is 2. The summed E-state index contributed by atoms with van der Waals surface area (Å²) in [5.74, 6) is 0.569. The van der Waals surface area contributed by atoms with Crippen LogP contribution in [-0.2, 0) is 4.74 Å². The highest BCUT2D eigenvalue weighted by molar-refractivity contribution is 4.48. The maximum atomic E-state index is 8.75. The van der Waals surface area contributed by atoms with E-state index in [0.29, 0.717) is 12.5 Å². The number of rotatable bonds is 5. The van der Waals surface area contributed by atoms with Crippen molar-refractivity contribution in [2.24, 2.45) is 5.92 Å². The number of aliphatic hydroxyl groups excluding tert-OH is 1. The van der Waals surface area contributed by atoms with Crippen LogP contribution >= 0.6 is 0 Å². The summed E-state index contributed by atoms with van der Waals surface area (Å²) in [7, 11) is 0. The Morgan fingerprint density at radius 1 is 1.40 bits per heavy atom. The second kappa shape index (κ2) is 5.69. The Morgan fingerprint density at radius 3 is 2.40 bits per heavy atom. The smallest absolute Gasteiger partial charge is 0.151 e. The Kier molecular flexibility index (Phi) is 5.64. The molecule has 0 aromatic rings. The van der Waals surface area contributed by atoms with Gasteiger partial charge < -0.3 is 9.84 Å². The van der Waals surface area contributed by atoms with Crippen LogP contribution in [0, 0.1) is 5.92 Å². The van der Waals surface area contributed by atoms with Crippen molar-refractivity contribution >= 4 is 0 Å². The lowest BCUT2D eigenvalue weighted by atomic mass is 10.1. The second-order valence-electron chi connectivity index (χ2n) is 2.83. The van der Waals surface area contributed by atoms with Crippen LogP contribution in [0.4, 0.5) is 0 Å². The van der Waals surface area contributed by atoms with Gasteiger partial charge in [-0.15, -0.1) is 0 Å². The van der Waals surface area contributed by atoms with Crippen LogP contribution in [0.1, 0.15) is 33.6 Å². The third-order valence-corrected chi connectivity index (χ3v) is 1.40. The molecular weight excluding hydrogens is 128 g/mol. The van der Waals surface area contributed by atoms with E-state index >= 15 is 0 Å². The van der Waals surface area contributed by atoms with Crippen LogP contribution in [0.25, 0.3) is 0 Å². The molecule has 0 fully saturated rings. The number of hydrogen-bond donors (Lipinski definition) is 1. The Hall–Kier alpha value is -0.0800. The zero-order chi connectivity index (χ0) is 7.98. The van der Waals surface area contributed by atoms with Crippen molar-refractivity contribution in [3.8, 4) is 0 Å². The Balaban J connectivity index is 3.12. The minimum atomic E-state index is -0.612. The molecule has 0 radical (unpaired) electrons. The molecule has 0 aliphatic heterocycles. The van der Waals surface area contributed by atoms with Gasteiger partial charge in [0.25, 0.3) is 0 Å². The first-order valence-electron chi connectivity index (χ1n) is 3.96. The molecule has 0 saturated carbocycles. The highest BCUT2D eigenvalue weighted by Crippen LogP contribution is 2.05. The van der Waals surface area contributed by atoms with E-state index in [0.717, 1.165) is 0 Å².